The third-order valence-corrected chi connectivity index (χ3v) is 5.93. The van der Waals surface area contributed by atoms with Crippen LogP contribution in [0.1, 0.15) is 10.4 Å². The van der Waals surface area contributed by atoms with Crippen molar-refractivity contribution in [3.8, 4) is 5.75 Å². The minimum atomic E-state index is -0.174. The fraction of sp³-hybridized carbons (Fsp3) is 0.100. The van der Waals surface area contributed by atoms with Crippen molar-refractivity contribution in [3.05, 3.63) is 76.1 Å². The molecule has 1 amide bonds. The van der Waals surface area contributed by atoms with E-state index in [4.69, 9.17) is 16.3 Å². The van der Waals surface area contributed by atoms with Crippen molar-refractivity contribution in [2.24, 2.45) is 5.10 Å². The molecule has 0 saturated carbocycles. The molecule has 0 radical (unpaired) electrons. The first-order chi connectivity index (χ1) is 13.1. The van der Waals surface area contributed by atoms with Crippen molar-refractivity contribution < 1.29 is 9.53 Å². The van der Waals surface area contributed by atoms with Gasteiger partial charge in [-0.15, -0.1) is 11.3 Å². The summed E-state index contributed by atoms with van der Waals surface area (Å²) in [5, 5.41) is 4.77. The number of ether oxygens (including phenoxy) is 1. The van der Waals surface area contributed by atoms with Gasteiger partial charge in [0.25, 0.3) is 0 Å². The summed E-state index contributed by atoms with van der Waals surface area (Å²) in [6.45, 7) is 0. The largest absolute Gasteiger partial charge is 0.497 e. The predicted octanol–water partition coefficient (Wildman–Crippen LogP) is 5.25. The molecule has 0 aliphatic heterocycles. The van der Waals surface area contributed by atoms with Crippen LogP contribution in [0.4, 0.5) is 0 Å². The highest BCUT2D eigenvalue weighted by molar-refractivity contribution is 8.01. The van der Waals surface area contributed by atoms with Gasteiger partial charge in [-0.05, 0) is 54.1 Å². The second-order valence-electron chi connectivity index (χ2n) is 5.53. The van der Waals surface area contributed by atoms with Gasteiger partial charge < -0.3 is 4.74 Å². The second-order valence-corrected chi connectivity index (χ2v) is 8.46. The summed E-state index contributed by atoms with van der Waals surface area (Å²) in [6, 6.07) is 19.1. The van der Waals surface area contributed by atoms with E-state index in [9.17, 15) is 4.79 Å². The second kappa shape index (κ2) is 9.60. The maximum atomic E-state index is 12.0. The monoisotopic (exact) mass is 416 g/mol. The maximum absolute atomic E-state index is 12.0. The molecule has 0 saturated heterocycles. The third kappa shape index (κ3) is 6.13. The van der Waals surface area contributed by atoms with Gasteiger partial charge in [-0.3, -0.25) is 4.79 Å². The zero-order chi connectivity index (χ0) is 19.1. The van der Waals surface area contributed by atoms with Gasteiger partial charge in [-0.1, -0.05) is 35.5 Å². The lowest BCUT2D eigenvalue weighted by Crippen LogP contribution is -2.19. The minimum absolute atomic E-state index is 0.174. The van der Waals surface area contributed by atoms with Crippen LogP contribution in [0.25, 0.3) is 0 Å². The molecule has 1 heterocycles. The number of carbonyl (C=O) groups is 1. The Morgan fingerprint density at radius 1 is 1.22 bits per heavy atom. The number of hydrogen-bond donors (Lipinski definition) is 1. The average Bonchev–Trinajstić information content (AvgIpc) is 3.11. The molecule has 7 heteroatoms. The first-order valence-corrected chi connectivity index (χ1v) is 10.1. The van der Waals surface area contributed by atoms with E-state index in [0.29, 0.717) is 0 Å². The average molecular weight is 417 g/mol. The number of rotatable bonds is 7. The molecular formula is C20H17ClN2O2S2. The number of methoxy groups -OCH3 is 1. The molecule has 2 aromatic carbocycles. The molecule has 0 atom stereocenters. The number of halogens is 1. The molecule has 1 aromatic heterocycles. The summed E-state index contributed by atoms with van der Waals surface area (Å²) < 4.78 is 6.30. The van der Waals surface area contributed by atoms with Crippen molar-refractivity contribution in [3.63, 3.8) is 0 Å². The highest BCUT2D eigenvalue weighted by Crippen LogP contribution is 2.33. The van der Waals surface area contributed by atoms with Gasteiger partial charge in [0.1, 0.15) is 5.75 Å². The molecule has 4 nitrogen and oxygen atoms in total. The topological polar surface area (TPSA) is 50.7 Å². The zero-order valence-corrected chi connectivity index (χ0v) is 16.9. The van der Waals surface area contributed by atoms with Crippen LogP contribution < -0.4 is 10.2 Å². The number of nitrogens with zero attached hydrogens (tertiary/aromatic N) is 1. The van der Waals surface area contributed by atoms with Gasteiger partial charge in [0.2, 0.25) is 5.91 Å². The Morgan fingerprint density at radius 2 is 2.04 bits per heavy atom. The number of nitrogens with one attached hydrogen (secondary N) is 1. The molecule has 138 valence electrons. The Morgan fingerprint density at radius 3 is 2.81 bits per heavy atom. The van der Waals surface area contributed by atoms with Crippen LogP contribution in [-0.2, 0) is 11.2 Å². The molecule has 0 fully saturated rings. The minimum Gasteiger partial charge on any atom is -0.497 e. The normalized spacial score (nSPS) is 10.9. The van der Waals surface area contributed by atoms with Crippen LogP contribution in [0.2, 0.25) is 5.02 Å². The smallest absolute Gasteiger partial charge is 0.244 e. The molecule has 0 aliphatic rings. The van der Waals surface area contributed by atoms with Crippen molar-refractivity contribution in [1.82, 2.24) is 5.43 Å². The Balaban J connectivity index is 1.51. The van der Waals surface area contributed by atoms with Crippen molar-refractivity contribution >= 4 is 46.8 Å². The lowest BCUT2D eigenvalue weighted by atomic mass is 10.1. The Kier molecular flexibility index (Phi) is 6.92. The van der Waals surface area contributed by atoms with Crippen molar-refractivity contribution in [2.75, 3.05) is 7.11 Å². The van der Waals surface area contributed by atoms with Gasteiger partial charge in [-0.25, -0.2) is 5.43 Å². The van der Waals surface area contributed by atoms with E-state index in [1.165, 1.54) is 0 Å². The number of hydrazone groups is 1. The summed E-state index contributed by atoms with van der Waals surface area (Å²) in [7, 11) is 1.60. The summed E-state index contributed by atoms with van der Waals surface area (Å²) in [5.74, 6) is 0.555. The van der Waals surface area contributed by atoms with E-state index >= 15 is 0 Å². The number of hydrogen-bond acceptors (Lipinski definition) is 5. The summed E-state index contributed by atoms with van der Waals surface area (Å²) in [6.07, 6.45) is 1.90. The van der Waals surface area contributed by atoms with Crippen LogP contribution in [0.5, 0.6) is 5.75 Å². The Labute approximate surface area is 171 Å². The van der Waals surface area contributed by atoms with E-state index in [0.717, 1.165) is 30.3 Å². The van der Waals surface area contributed by atoms with Gasteiger partial charge in [0, 0.05) is 14.8 Å². The maximum Gasteiger partial charge on any atom is 0.244 e. The lowest BCUT2D eigenvalue weighted by molar-refractivity contribution is -0.120. The van der Waals surface area contributed by atoms with Crippen LogP contribution in [0.3, 0.4) is 0 Å². The van der Waals surface area contributed by atoms with Gasteiger partial charge in [0.15, 0.2) is 0 Å². The van der Waals surface area contributed by atoms with E-state index in [-0.39, 0.29) is 12.3 Å². The van der Waals surface area contributed by atoms with Gasteiger partial charge >= 0.3 is 0 Å². The summed E-state index contributed by atoms with van der Waals surface area (Å²) in [4.78, 5) is 14.1. The van der Waals surface area contributed by atoms with E-state index in [1.54, 1.807) is 36.4 Å². The van der Waals surface area contributed by atoms with Crippen molar-refractivity contribution in [1.29, 1.82) is 0 Å². The van der Waals surface area contributed by atoms with E-state index < -0.39 is 0 Å². The fourth-order valence-corrected chi connectivity index (χ4v) is 4.37. The quantitative estimate of drug-likeness (QED) is 0.422. The lowest BCUT2D eigenvalue weighted by Gasteiger charge is -2.03. The van der Waals surface area contributed by atoms with Crippen LogP contribution in [0, 0.1) is 0 Å². The number of benzene rings is 2. The SMILES string of the molecule is COc1cccc(CC(=O)N/N=C/c2ccc(Sc3ccc(Cl)cc3)s2)c1. The van der Waals surface area contributed by atoms with E-state index in [2.05, 4.69) is 10.5 Å². The third-order valence-electron chi connectivity index (χ3n) is 3.51. The first kappa shape index (κ1) is 19.5. The highest BCUT2D eigenvalue weighted by atomic mass is 35.5. The fourth-order valence-electron chi connectivity index (χ4n) is 2.25. The number of carbonyl (C=O) groups excluding carboxylic acids is 1. The molecular weight excluding hydrogens is 400 g/mol. The number of amides is 1. The van der Waals surface area contributed by atoms with Crippen LogP contribution >= 0.6 is 34.7 Å². The molecule has 0 bridgehead atoms. The summed E-state index contributed by atoms with van der Waals surface area (Å²) >= 11 is 9.17. The molecule has 3 rings (SSSR count). The Bertz CT molecular complexity index is 939. The molecule has 3 aromatic rings. The van der Waals surface area contributed by atoms with E-state index in [1.807, 2.05) is 60.7 Å². The molecule has 0 aliphatic carbocycles. The standard InChI is InChI=1S/C20H17ClN2O2S2/c1-25-16-4-2-3-14(11-16)12-19(24)23-22-13-18-9-10-20(27-18)26-17-7-5-15(21)6-8-17/h2-11,13H,12H2,1H3,(H,23,24)/b22-13+. The predicted molar refractivity (Wildman–Crippen MR) is 112 cm³/mol. The molecule has 0 unspecified atom stereocenters. The van der Waals surface area contributed by atoms with Crippen molar-refractivity contribution in [2.45, 2.75) is 15.5 Å². The molecule has 27 heavy (non-hydrogen) atoms. The van der Waals surface area contributed by atoms with Crippen LogP contribution in [-0.4, -0.2) is 19.2 Å². The van der Waals surface area contributed by atoms with Gasteiger partial charge in [0.05, 0.1) is 24.0 Å². The Hall–Kier alpha value is -2.28. The summed E-state index contributed by atoms with van der Waals surface area (Å²) in [5.41, 5.74) is 3.43. The molecule has 0 spiro atoms. The molecule has 1 N–H and O–H groups in total. The zero-order valence-electron chi connectivity index (χ0n) is 14.5. The highest BCUT2D eigenvalue weighted by Gasteiger charge is 2.04. The number of thiophene rings is 1. The van der Waals surface area contributed by atoms with Crippen LogP contribution in [0.15, 0.2) is 74.9 Å². The first-order valence-electron chi connectivity index (χ1n) is 8.10. The van der Waals surface area contributed by atoms with Gasteiger partial charge in [-0.2, -0.15) is 5.10 Å².